The highest BCUT2D eigenvalue weighted by Crippen LogP contribution is 2.21. The topological polar surface area (TPSA) is 70.2 Å². The normalized spacial score (nSPS) is 16.6. The van der Waals surface area contributed by atoms with Gasteiger partial charge in [0.1, 0.15) is 0 Å². The van der Waals surface area contributed by atoms with E-state index < -0.39 is 10.0 Å². The van der Waals surface area contributed by atoms with E-state index in [0.717, 1.165) is 24.3 Å². The maximum atomic E-state index is 11.7. The number of nitrogens with one attached hydrogen (secondary N) is 3. The fourth-order valence-electron chi connectivity index (χ4n) is 1.65. The van der Waals surface area contributed by atoms with Crippen molar-refractivity contribution in [3.8, 4) is 0 Å². The molecule has 0 amide bonds. The number of hydrogen-bond donors (Lipinski definition) is 3. The van der Waals surface area contributed by atoms with Crippen LogP contribution >= 0.6 is 0 Å². The van der Waals surface area contributed by atoms with Gasteiger partial charge in [-0.25, -0.2) is 13.1 Å². The molecule has 1 fully saturated rings. The summed E-state index contributed by atoms with van der Waals surface area (Å²) in [5.41, 5.74) is 1.93. The molecule has 17 heavy (non-hydrogen) atoms. The molecule has 1 aromatic rings. The molecule has 1 heterocycles. The minimum Gasteiger partial charge on any atom is -0.379 e. The fourth-order valence-corrected chi connectivity index (χ4v) is 2.41. The Morgan fingerprint density at radius 1 is 1.35 bits per heavy atom. The summed E-state index contributed by atoms with van der Waals surface area (Å²) in [6.07, 6.45) is 0. The van der Waals surface area contributed by atoms with E-state index >= 15 is 0 Å². The Balaban J connectivity index is 2.28. The average Bonchev–Trinajstić information content (AvgIpc) is 2.25. The lowest BCUT2D eigenvalue weighted by atomic mass is 10.1. The summed E-state index contributed by atoms with van der Waals surface area (Å²) in [6, 6.07) is 5.50. The van der Waals surface area contributed by atoms with Crippen molar-refractivity contribution in [1.29, 1.82) is 0 Å². The van der Waals surface area contributed by atoms with Gasteiger partial charge in [0, 0.05) is 18.8 Å². The number of rotatable bonds is 4. The van der Waals surface area contributed by atoms with Crippen molar-refractivity contribution in [2.24, 2.45) is 0 Å². The molecule has 0 saturated carbocycles. The molecule has 2 rings (SSSR count). The molecule has 1 saturated heterocycles. The van der Waals surface area contributed by atoms with E-state index in [1.807, 2.05) is 13.0 Å². The van der Waals surface area contributed by atoms with Gasteiger partial charge in [0.05, 0.1) is 10.9 Å². The summed E-state index contributed by atoms with van der Waals surface area (Å²) < 4.78 is 25.7. The predicted octanol–water partition coefficient (Wildman–Crippen LogP) is 0.287. The van der Waals surface area contributed by atoms with Crippen molar-refractivity contribution in [2.45, 2.75) is 17.9 Å². The van der Waals surface area contributed by atoms with Crippen LogP contribution in [0.2, 0.25) is 0 Å². The number of sulfonamides is 1. The van der Waals surface area contributed by atoms with Gasteiger partial charge in [-0.1, -0.05) is 6.07 Å². The smallest absolute Gasteiger partial charge is 0.240 e. The van der Waals surface area contributed by atoms with E-state index in [-0.39, 0.29) is 0 Å². The first-order chi connectivity index (χ1) is 8.03. The van der Waals surface area contributed by atoms with Crippen LogP contribution in [-0.4, -0.2) is 34.6 Å². The zero-order valence-corrected chi connectivity index (χ0v) is 10.8. The Morgan fingerprint density at radius 2 is 2.06 bits per heavy atom. The van der Waals surface area contributed by atoms with Crippen molar-refractivity contribution in [3.63, 3.8) is 0 Å². The van der Waals surface area contributed by atoms with E-state index in [4.69, 9.17) is 0 Å². The van der Waals surface area contributed by atoms with Gasteiger partial charge in [-0.2, -0.15) is 0 Å². The molecule has 0 radical (unpaired) electrons. The van der Waals surface area contributed by atoms with Crippen LogP contribution < -0.4 is 15.4 Å². The molecule has 0 aromatic heterocycles. The van der Waals surface area contributed by atoms with Crippen molar-refractivity contribution >= 4 is 15.7 Å². The molecular formula is C11H17N3O2S. The first-order valence-corrected chi connectivity index (χ1v) is 7.03. The highest BCUT2D eigenvalue weighted by atomic mass is 32.2. The second-order valence-electron chi connectivity index (χ2n) is 4.18. The molecule has 0 bridgehead atoms. The highest BCUT2D eigenvalue weighted by Gasteiger charge is 2.18. The van der Waals surface area contributed by atoms with Crippen LogP contribution in [0.25, 0.3) is 0 Å². The molecule has 94 valence electrons. The van der Waals surface area contributed by atoms with Gasteiger partial charge in [0.25, 0.3) is 0 Å². The Morgan fingerprint density at radius 3 is 2.59 bits per heavy atom. The van der Waals surface area contributed by atoms with E-state index in [2.05, 4.69) is 15.4 Å². The summed E-state index contributed by atoms with van der Waals surface area (Å²) in [6.45, 7) is 3.80. The lowest BCUT2D eigenvalue weighted by molar-refractivity contribution is 0.472. The van der Waals surface area contributed by atoms with Gasteiger partial charge < -0.3 is 10.6 Å². The van der Waals surface area contributed by atoms with Crippen LogP contribution in [0.15, 0.2) is 23.1 Å². The molecule has 3 N–H and O–H groups in total. The largest absolute Gasteiger partial charge is 0.379 e. The third-order valence-corrected chi connectivity index (χ3v) is 4.34. The molecule has 0 spiro atoms. The summed E-state index contributed by atoms with van der Waals surface area (Å²) in [5.74, 6) is 0. The standard InChI is InChI=1S/C11H17N3O2S/c1-8-3-4-10(17(15,16)12-2)5-11(8)14-9-6-13-7-9/h3-5,9,12-14H,6-7H2,1-2H3. The van der Waals surface area contributed by atoms with Gasteiger partial charge in [-0.3, -0.25) is 0 Å². The van der Waals surface area contributed by atoms with Gasteiger partial charge in [-0.05, 0) is 31.7 Å². The van der Waals surface area contributed by atoms with Crippen LogP contribution in [0.1, 0.15) is 5.56 Å². The van der Waals surface area contributed by atoms with Crippen LogP contribution in [-0.2, 0) is 10.0 Å². The first kappa shape index (κ1) is 12.3. The number of hydrogen-bond acceptors (Lipinski definition) is 4. The molecular weight excluding hydrogens is 238 g/mol. The molecule has 0 unspecified atom stereocenters. The Bertz CT molecular complexity index is 509. The maximum absolute atomic E-state index is 11.7. The molecule has 6 heteroatoms. The summed E-state index contributed by atoms with van der Waals surface area (Å²) in [7, 11) is -1.95. The molecule has 1 aliphatic heterocycles. The number of benzene rings is 1. The van der Waals surface area contributed by atoms with Crippen LogP contribution in [0.5, 0.6) is 0 Å². The van der Waals surface area contributed by atoms with E-state index in [1.165, 1.54) is 7.05 Å². The predicted molar refractivity (Wildman–Crippen MR) is 67.7 cm³/mol. The molecule has 0 aliphatic carbocycles. The van der Waals surface area contributed by atoms with Crippen LogP contribution in [0.3, 0.4) is 0 Å². The Hall–Kier alpha value is -1.11. The molecule has 1 aromatic carbocycles. The lowest BCUT2D eigenvalue weighted by Gasteiger charge is -2.29. The zero-order valence-electron chi connectivity index (χ0n) is 9.95. The van der Waals surface area contributed by atoms with Crippen molar-refractivity contribution in [2.75, 3.05) is 25.5 Å². The zero-order chi connectivity index (χ0) is 12.5. The van der Waals surface area contributed by atoms with Gasteiger partial charge in [-0.15, -0.1) is 0 Å². The Kier molecular flexibility index (Phi) is 3.37. The maximum Gasteiger partial charge on any atom is 0.240 e. The third kappa shape index (κ3) is 2.59. The second-order valence-corrected chi connectivity index (χ2v) is 6.07. The van der Waals surface area contributed by atoms with Gasteiger partial charge in [0.2, 0.25) is 10.0 Å². The Labute approximate surface area is 102 Å². The minimum atomic E-state index is -3.37. The van der Waals surface area contributed by atoms with Crippen molar-refractivity contribution < 1.29 is 8.42 Å². The van der Waals surface area contributed by atoms with E-state index in [1.54, 1.807) is 12.1 Å². The number of anilines is 1. The fraction of sp³-hybridized carbons (Fsp3) is 0.455. The summed E-state index contributed by atoms with van der Waals surface area (Å²) >= 11 is 0. The minimum absolute atomic E-state index is 0.292. The average molecular weight is 255 g/mol. The third-order valence-electron chi connectivity index (χ3n) is 2.93. The highest BCUT2D eigenvalue weighted by molar-refractivity contribution is 7.89. The van der Waals surface area contributed by atoms with Crippen molar-refractivity contribution in [3.05, 3.63) is 23.8 Å². The lowest BCUT2D eigenvalue weighted by Crippen LogP contribution is -2.51. The molecule has 1 aliphatic rings. The summed E-state index contributed by atoms with van der Waals surface area (Å²) in [4.78, 5) is 0.292. The van der Waals surface area contributed by atoms with Gasteiger partial charge in [0.15, 0.2) is 0 Å². The first-order valence-electron chi connectivity index (χ1n) is 5.54. The molecule has 0 atom stereocenters. The second kappa shape index (κ2) is 4.64. The van der Waals surface area contributed by atoms with Crippen LogP contribution in [0.4, 0.5) is 5.69 Å². The number of aryl methyl sites for hydroxylation is 1. The van der Waals surface area contributed by atoms with Crippen LogP contribution in [0, 0.1) is 6.92 Å². The quantitative estimate of drug-likeness (QED) is 0.723. The van der Waals surface area contributed by atoms with E-state index in [9.17, 15) is 8.42 Å². The van der Waals surface area contributed by atoms with E-state index in [0.29, 0.717) is 10.9 Å². The van der Waals surface area contributed by atoms with Crippen molar-refractivity contribution in [1.82, 2.24) is 10.0 Å². The van der Waals surface area contributed by atoms with Gasteiger partial charge >= 0.3 is 0 Å². The SMILES string of the molecule is CNS(=O)(=O)c1ccc(C)c(NC2CNC2)c1. The molecule has 5 nitrogen and oxygen atoms in total. The summed E-state index contributed by atoms with van der Waals surface area (Å²) in [5, 5.41) is 6.49. The monoisotopic (exact) mass is 255 g/mol.